The molecule has 0 bridgehead atoms. The molecule has 1 amide bonds. The van der Waals surface area contributed by atoms with E-state index < -0.39 is 0 Å². The van der Waals surface area contributed by atoms with Gasteiger partial charge in [0.15, 0.2) is 0 Å². The number of carbonyl (C=O) groups excluding carboxylic acids is 1. The standard InChI is InChI=1S/C14H19NO4/c1-18-6-7-19-13-4-2-12(3-5-13)15-9-11(10-16)8-14(15)17/h2-5,11,16H,6-10H2,1H3. The molecule has 1 atom stereocenters. The van der Waals surface area contributed by atoms with Crippen LogP contribution in [-0.2, 0) is 9.53 Å². The minimum absolute atomic E-state index is 0.0464. The smallest absolute Gasteiger partial charge is 0.227 e. The number of methoxy groups -OCH3 is 1. The van der Waals surface area contributed by atoms with Crippen LogP contribution in [0.1, 0.15) is 6.42 Å². The number of ether oxygens (including phenoxy) is 2. The molecular weight excluding hydrogens is 246 g/mol. The minimum atomic E-state index is 0.0464. The van der Waals surface area contributed by atoms with Gasteiger partial charge in [-0.15, -0.1) is 0 Å². The van der Waals surface area contributed by atoms with Crippen LogP contribution in [0.5, 0.6) is 5.75 Å². The summed E-state index contributed by atoms with van der Waals surface area (Å²) in [7, 11) is 1.63. The number of hydrogen-bond acceptors (Lipinski definition) is 4. The van der Waals surface area contributed by atoms with Gasteiger partial charge in [-0.05, 0) is 24.3 Å². The van der Waals surface area contributed by atoms with Gasteiger partial charge in [-0.1, -0.05) is 0 Å². The van der Waals surface area contributed by atoms with E-state index in [9.17, 15) is 4.79 Å². The Balaban J connectivity index is 1.96. The lowest BCUT2D eigenvalue weighted by atomic mass is 10.1. The minimum Gasteiger partial charge on any atom is -0.491 e. The summed E-state index contributed by atoms with van der Waals surface area (Å²) in [6.45, 7) is 1.69. The highest BCUT2D eigenvalue weighted by Gasteiger charge is 2.29. The molecule has 0 saturated carbocycles. The van der Waals surface area contributed by atoms with Crippen LogP contribution in [0.3, 0.4) is 0 Å². The molecule has 1 aromatic rings. The Morgan fingerprint density at radius 1 is 1.32 bits per heavy atom. The van der Waals surface area contributed by atoms with Gasteiger partial charge in [-0.3, -0.25) is 4.79 Å². The molecule has 0 spiro atoms. The van der Waals surface area contributed by atoms with Crippen molar-refractivity contribution >= 4 is 11.6 Å². The van der Waals surface area contributed by atoms with Gasteiger partial charge >= 0.3 is 0 Å². The first-order chi connectivity index (χ1) is 9.24. The zero-order valence-electron chi connectivity index (χ0n) is 11.0. The zero-order valence-corrected chi connectivity index (χ0v) is 11.0. The van der Waals surface area contributed by atoms with Crippen LogP contribution in [0.25, 0.3) is 0 Å². The molecule has 0 radical (unpaired) electrons. The normalized spacial score (nSPS) is 18.9. The first-order valence-corrected chi connectivity index (χ1v) is 6.37. The number of nitrogens with zero attached hydrogens (tertiary/aromatic N) is 1. The summed E-state index contributed by atoms with van der Waals surface area (Å²) < 4.78 is 10.4. The molecule has 1 aliphatic heterocycles. The van der Waals surface area contributed by atoms with E-state index in [1.807, 2.05) is 24.3 Å². The van der Waals surface area contributed by atoms with Gasteiger partial charge in [0.2, 0.25) is 5.91 Å². The van der Waals surface area contributed by atoms with Crippen molar-refractivity contribution < 1.29 is 19.4 Å². The molecule has 0 aromatic heterocycles. The first-order valence-electron chi connectivity index (χ1n) is 6.37. The Bertz CT molecular complexity index is 418. The van der Waals surface area contributed by atoms with E-state index in [-0.39, 0.29) is 18.4 Å². The Morgan fingerprint density at radius 2 is 2.05 bits per heavy atom. The first kappa shape index (κ1) is 13.8. The van der Waals surface area contributed by atoms with E-state index >= 15 is 0 Å². The van der Waals surface area contributed by atoms with Crippen molar-refractivity contribution in [1.82, 2.24) is 0 Å². The molecule has 1 N–H and O–H groups in total. The Labute approximate surface area is 112 Å². The predicted molar refractivity (Wildman–Crippen MR) is 71.4 cm³/mol. The third kappa shape index (κ3) is 3.45. The number of benzene rings is 1. The van der Waals surface area contributed by atoms with Crippen LogP contribution in [0.4, 0.5) is 5.69 Å². The van der Waals surface area contributed by atoms with Crippen LogP contribution in [-0.4, -0.2) is 44.5 Å². The van der Waals surface area contributed by atoms with Crippen molar-refractivity contribution in [3.8, 4) is 5.75 Å². The van der Waals surface area contributed by atoms with Crippen molar-refractivity contribution in [2.45, 2.75) is 6.42 Å². The third-order valence-corrected chi connectivity index (χ3v) is 3.17. The number of anilines is 1. The zero-order chi connectivity index (χ0) is 13.7. The number of aliphatic hydroxyl groups excluding tert-OH is 1. The molecule has 2 rings (SSSR count). The largest absolute Gasteiger partial charge is 0.491 e. The fourth-order valence-electron chi connectivity index (χ4n) is 2.12. The van der Waals surface area contributed by atoms with Crippen LogP contribution in [0.2, 0.25) is 0 Å². The average Bonchev–Trinajstić information content (AvgIpc) is 2.81. The number of hydrogen-bond donors (Lipinski definition) is 1. The molecule has 19 heavy (non-hydrogen) atoms. The summed E-state index contributed by atoms with van der Waals surface area (Å²) in [6.07, 6.45) is 0.419. The van der Waals surface area contributed by atoms with E-state index in [1.54, 1.807) is 12.0 Å². The maximum absolute atomic E-state index is 11.8. The molecule has 1 aromatic carbocycles. The van der Waals surface area contributed by atoms with Gasteiger partial charge in [0.1, 0.15) is 12.4 Å². The van der Waals surface area contributed by atoms with Gasteiger partial charge in [-0.25, -0.2) is 0 Å². The second kappa shape index (κ2) is 6.54. The lowest BCUT2D eigenvalue weighted by molar-refractivity contribution is -0.117. The summed E-state index contributed by atoms with van der Waals surface area (Å²) in [6, 6.07) is 7.40. The number of aliphatic hydroxyl groups is 1. The average molecular weight is 265 g/mol. The molecule has 1 unspecified atom stereocenters. The number of amides is 1. The van der Waals surface area contributed by atoms with Gasteiger partial charge in [0.05, 0.1) is 6.61 Å². The van der Waals surface area contributed by atoms with E-state index in [1.165, 1.54) is 0 Å². The highest BCUT2D eigenvalue weighted by molar-refractivity contribution is 5.95. The molecule has 5 nitrogen and oxygen atoms in total. The van der Waals surface area contributed by atoms with Crippen molar-refractivity contribution in [2.24, 2.45) is 5.92 Å². The monoisotopic (exact) mass is 265 g/mol. The van der Waals surface area contributed by atoms with E-state index in [4.69, 9.17) is 14.6 Å². The number of carbonyl (C=O) groups is 1. The lowest BCUT2D eigenvalue weighted by Gasteiger charge is -2.17. The second-order valence-electron chi connectivity index (χ2n) is 4.59. The van der Waals surface area contributed by atoms with Gasteiger partial charge in [-0.2, -0.15) is 0 Å². The second-order valence-corrected chi connectivity index (χ2v) is 4.59. The predicted octanol–water partition coefficient (Wildman–Crippen LogP) is 1.06. The molecule has 5 heteroatoms. The number of rotatable bonds is 6. The maximum Gasteiger partial charge on any atom is 0.227 e. The quantitative estimate of drug-likeness (QED) is 0.781. The third-order valence-electron chi connectivity index (χ3n) is 3.17. The van der Waals surface area contributed by atoms with Crippen molar-refractivity contribution in [2.75, 3.05) is 38.4 Å². The molecule has 104 valence electrons. The van der Waals surface area contributed by atoms with Crippen LogP contribution < -0.4 is 9.64 Å². The van der Waals surface area contributed by atoms with Crippen molar-refractivity contribution in [3.05, 3.63) is 24.3 Å². The van der Waals surface area contributed by atoms with Gasteiger partial charge < -0.3 is 19.5 Å². The van der Waals surface area contributed by atoms with Crippen LogP contribution in [0, 0.1) is 5.92 Å². The summed E-state index contributed by atoms with van der Waals surface area (Å²) in [5.41, 5.74) is 0.847. The lowest BCUT2D eigenvalue weighted by Crippen LogP contribution is -2.24. The van der Waals surface area contributed by atoms with Gasteiger partial charge in [0, 0.05) is 38.3 Å². The van der Waals surface area contributed by atoms with Crippen LogP contribution >= 0.6 is 0 Å². The molecule has 1 heterocycles. The van der Waals surface area contributed by atoms with E-state index in [0.29, 0.717) is 26.2 Å². The van der Waals surface area contributed by atoms with E-state index in [0.717, 1.165) is 11.4 Å². The molecule has 1 fully saturated rings. The fourth-order valence-corrected chi connectivity index (χ4v) is 2.12. The topological polar surface area (TPSA) is 59.0 Å². The Kier molecular flexibility index (Phi) is 4.76. The fraction of sp³-hybridized carbons (Fsp3) is 0.500. The summed E-state index contributed by atoms with van der Waals surface area (Å²) in [4.78, 5) is 13.5. The SMILES string of the molecule is COCCOc1ccc(N2CC(CO)CC2=O)cc1. The molecular formula is C14H19NO4. The maximum atomic E-state index is 11.8. The van der Waals surface area contributed by atoms with Crippen molar-refractivity contribution in [1.29, 1.82) is 0 Å². The summed E-state index contributed by atoms with van der Waals surface area (Å²) >= 11 is 0. The Morgan fingerprint density at radius 3 is 2.63 bits per heavy atom. The summed E-state index contributed by atoms with van der Waals surface area (Å²) in [5.74, 6) is 0.864. The highest BCUT2D eigenvalue weighted by Crippen LogP contribution is 2.26. The molecule has 0 aliphatic carbocycles. The summed E-state index contributed by atoms with van der Waals surface area (Å²) in [5, 5.41) is 9.10. The molecule has 1 saturated heterocycles. The Hall–Kier alpha value is -1.59. The van der Waals surface area contributed by atoms with Gasteiger partial charge in [0.25, 0.3) is 0 Å². The van der Waals surface area contributed by atoms with Crippen molar-refractivity contribution in [3.63, 3.8) is 0 Å². The molecule has 1 aliphatic rings. The van der Waals surface area contributed by atoms with E-state index in [2.05, 4.69) is 0 Å². The highest BCUT2D eigenvalue weighted by atomic mass is 16.5. The van der Waals surface area contributed by atoms with Crippen LogP contribution in [0.15, 0.2) is 24.3 Å².